The molecule has 0 aliphatic rings. The summed E-state index contributed by atoms with van der Waals surface area (Å²) in [6, 6.07) is 12.1. The highest BCUT2D eigenvalue weighted by Crippen LogP contribution is 2.37. The molecule has 0 radical (unpaired) electrons. The van der Waals surface area contributed by atoms with Crippen LogP contribution in [0, 0.1) is 17.5 Å². The SMILES string of the molecule is CC(C)OC(=O)COc1ccc(F)c(N(C)c2cc(O)cc(-c3cccc(F)c3)c2)c1F. The van der Waals surface area contributed by atoms with E-state index in [0.717, 1.165) is 12.1 Å². The number of aromatic hydroxyl groups is 1. The number of halogens is 3. The number of benzene rings is 3. The van der Waals surface area contributed by atoms with E-state index in [1.807, 2.05) is 0 Å². The molecule has 8 heteroatoms. The number of carbonyl (C=O) groups excluding carboxylic acids is 1. The molecule has 32 heavy (non-hydrogen) atoms. The van der Waals surface area contributed by atoms with Crippen molar-refractivity contribution in [2.24, 2.45) is 0 Å². The van der Waals surface area contributed by atoms with Crippen molar-refractivity contribution in [2.75, 3.05) is 18.6 Å². The molecule has 0 unspecified atom stereocenters. The van der Waals surface area contributed by atoms with Gasteiger partial charge in [-0.3, -0.25) is 0 Å². The van der Waals surface area contributed by atoms with Crippen molar-refractivity contribution in [1.82, 2.24) is 0 Å². The fourth-order valence-corrected chi connectivity index (χ4v) is 3.13. The second-order valence-electron chi connectivity index (χ2n) is 7.34. The summed E-state index contributed by atoms with van der Waals surface area (Å²) in [4.78, 5) is 12.9. The van der Waals surface area contributed by atoms with Crippen LogP contribution in [0.25, 0.3) is 11.1 Å². The topological polar surface area (TPSA) is 59.0 Å². The van der Waals surface area contributed by atoms with Crippen LogP contribution in [-0.4, -0.2) is 30.8 Å². The van der Waals surface area contributed by atoms with Gasteiger partial charge in [0.15, 0.2) is 18.2 Å². The third-order valence-electron chi connectivity index (χ3n) is 4.53. The molecule has 0 fully saturated rings. The molecule has 0 atom stereocenters. The van der Waals surface area contributed by atoms with E-state index in [4.69, 9.17) is 9.47 Å². The molecule has 3 aromatic rings. The lowest BCUT2D eigenvalue weighted by Gasteiger charge is -2.23. The Hall–Kier alpha value is -3.68. The average molecular weight is 445 g/mol. The van der Waals surface area contributed by atoms with E-state index in [-0.39, 0.29) is 23.3 Å². The van der Waals surface area contributed by atoms with Gasteiger partial charge in [0.05, 0.1) is 6.10 Å². The Morgan fingerprint density at radius 2 is 1.78 bits per heavy atom. The van der Waals surface area contributed by atoms with Gasteiger partial charge in [0.1, 0.15) is 23.1 Å². The van der Waals surface area contributed by atoms with Crippen LogP contribution in [0.5, 0.6) is 11.5 Å². The zero-order chi connectivity index (χ0) is 23.4. The van der Waals surface area contributed by atoms with Crippen LogP contribution in [0.3, 0.4) is 0 Å². The molecule has 5 nitrogen and oxygen atoms in total. The Kier molecular flexibility index (Phi) is 6.92. The first kappa shape index (κ1) is 23.0. The number of phenols is 1. The Bertz CT molecular complexity index is 1130. The van der Waals surface area contributed by atoms with E-state index >= 15 is 4.39 Å². The number of hydrogen-bond acceptors (Lipinski definition) is 5. The van der Waals surface area contributed by atoms with Gasteiger partial charge in [-0.2, -0.15) is 0 Å². The number of hydrogen-bond donors (Lipinski definition) is 1. The molecule has 168 valence electrons. The lowest BCUT2D eigenvalue weighted by Crippen LogP contribution is -2.20. The lowest BCUT2D eigenvalue weighted by atomic mass is 10.0. The molecular formula is C24H22F3NO4. The Morgan fingerprint density at radius 1 is 1.03 bits per heavy atom. The smallest absolute Gasteiger partial charge is 0.344 e. The Labute approximate surface area is 183 Å². The quantitative estimate of drug-likeness (QED) is 0.482. The maximum atomic E-state index is 15.1. The molecule has 0 amide bonds. The fourth-order valence-electron chi connectivity index (χ4n) is 3.13. The molecule has 0 saturated heterocycles. The summed E-state index contributed by atoms with van der Waals surface area (Å²) in [6.45, 7) is 2.79. The zero-order valence-corrected chi connectivity index (χ0v) is 17.7. The van der Waals surface area contributed by atoms with Gasteiger partial charge in [-0.25, -0.2) is 18.0 Å². The Balaban J connectivity index is 1.93. The van der Waals surface area contributed by atoms with Crippen LogP contribution in [0.15, 0.2) is 54.6 Å². The first-order chi connectivity index (χ1) is 15.2. The molecule has 3 rings (SSSR count). The van der Waals surface area contributed by atoms with Gasteiger partial charge in [-0.05, 0) is 61.4 Å². The summed E-state index contributed by atoms with van der Waals surface area (Å²) < 4.78 is 53.4. The summed E-state index contributed by atoms with van der Waals surface area (Å²) in [5, 5.41) is 10.1. The van der Waals surface area contributed by atoms with Crippen LogP contribution >= 0.6 is 0 Å². The van der Waals surface area contributed by atoms with Crippen LogP contribution in [-0.2, 0) is 9.53 Å². The van der Waals surface area contributed by atoms with Crippen molar-refractivity contribution in [2.45, 2.75) is 20.0 Å². The molecule has 0 aliphatic carbocycles. The minimum atomic E-state index is -1.03. The summed E-state index contributed by atoms with van der Waals surface area (Å²) >= 11 is 0. The van der Waals surface area contributed by atoms with Crippen molar-refractivity contribution in [3.8, 4) is 22.6 Å². The summed E-state index contributed by atoms with van der Waals surface area (Å²) in [5.41, 5.74) is 0.738. The van der Waals surface area contributed by atoms with Gasteiger partial charge in [0.25, 0.3) is 0 Å². The fraction of sp³-hybridized carbons (Fsp3) is 0.208. The van der Waals surface area contributed by atoms with Gasteiger partial charge in [0, 0.05) is 18.8 Å². The molecule has 0 aromatic heterocycles. The number of phenolic OH excluding ortho intramolecular Hbond substituents is 1. The first-order valence-corrected chi connectivity index (χ1v) is 9.79. The number of carbonyl (C=O) groups is 1. The molecule has 0 spiro atoms. The van der Waals surface area contributed by atoms with Crippen molar-refractivity contribution in [1.29, 1.82) is 0 Å². The van der Waals surface area contributed by atoms with Gasteiger partial charge in [-0.15, -0.1) is 0 Å². The number of ether oxygens (including phenoxy) is 2. The second kappa shape index (κ2) is 9.64. The number of esters is 1. The largest absolute Gasteiger partial charge is 0.508 e. The molecule has 0 aliphatic heterocycles. The van der Waals surface area contributed by atoms with Crippen LogP contribution < -0.4 is 9.64 Å². The van der Waals surface area contributed by atoms with E-state index in [1.165, 1.54) is 42.3 Å². The third-order valence-corrected chi connectivity index (χ3v) is 4.53. The minimum Gasteiger partial charge on any atom is -0.508 e. The minimum absolute atomic E-state index is 0.168. The summed E-state index contributed by atoms with van der Waals surface area (Å²) in [6.07, 6.45) is -0.357. The normalized spacial score (nSPS) is 10.8. The van der Waals surface area contributed by atoms with E-state index in [2.05, 4.69) is 0 Å². The maximum Gasteiger partial charge on any atom is 0.344 e. The van der Waals surface area contributed by atoms with E-state index in [9.17, 15) is 18.7 Å². The molecule has 1 N–H and O–H groups in total. The number of anilines is 2. The summed E-state index contributed by atoms with van der Waals surface area (Å²) in [7, 11) is 1.41. The van der Waals surface area contributed by atoms with Crippen LogP contribution in [0.2, 0.25) is 0 Å². The van der Waals surface area contributed by atoms with Gasteiger partial charge in [-0.1, -0.05) is 12.1 Å². The highest BCUT2D eigenvalue weighted by molar-refractivity contribution is 5.75. The predicted octanol–water partition coefficient (Wildman–Crippen LogP) is 5.57. The molecule has 0 heterocycles. The van der Waals surface area contributed by atoms with E-state index in [0.29, 0.717) is 11.1 Å². The molecule has 0 bridgehead atoms. The Morgan fingerprint density at radius 3 is 2.47 bits per heavy atom. The van der Waals surface area contributed by atoms with Crippen molar-refractivity contribution >= 4 is 17.3 Å². The third kappa shape index (κ3) is 5.32. The number of nitrogens with zero attached hydrogens (tertiary/aromatic N) is 1. The average Bonchev–Trinajstić information content (AvgIpc) is 2.72. The van der Waals surface area contributed by atoms with Gasteiger partial charge < -0.3 is 19.5 Å². The standard InChI is InChI=1S/C24H22F3NO4/c1-14(2)32-22(30)13-31-21-8-7-20(26)24(23(21)27)28(3)18-10-16(11-19(29)12-18)15-5-4-6-17(25)9-15/h4-12,14,29H,13H2,1-3H3. The van der Waals surface area contributed by atoms with E-state index < -0.39 is 35.7 Å². The predicted molar refractivity (Wildman–Crippen MR) is 115 cm³/mol. The van der Waals surface area contributed by atoms with Gasteiger partial charge >= 0.3 is 5.97 Å². The van der Waals surface area contributed by atoms with Crippen molar-refractivity contribution in [3.05, 3.63) is 72.0 Å². The lowest BCUT2D eigenvalue weighted by molar-refractivity contribution is -0.149. The zero-order valence-electron chi connectivity index (χ0n) is 17.7. The monoisotopic (exact) mass is 445 g/mol. The second-order valence-corrected chi connectivity index (χ2v) is 7.34. The molecular weight excluding hydrogens is 423 g/mol. The first-order valence-electron chi connectivity index (χ1n) is 9.79. The van der Waals surface area contributed by atoms with Crippen molar-refractivity contribution in [3.63, 3.8) is 0 Å². The van der Waals surface area contributed by atoms with Crippen LogP contribution in [0.1, 0.15) is 13.8 Å². The summed E-state index contributed by atoms with van der Waals surface area (Å²) in [5.74, 6) is -3.55. The maximum absolute atomic E-state index is 15.1. The number of rotatable bonds is 7. The molecule has 3 aromatic carbocycles. The van der Waals surface area contributed by atoms with Crippen molar-refractivity contribution < 1.29 is 32.5 Å². The highest BCUT2D eigenvalue weighted by atomic mass is 19.1. The highest BCUT2D eigenvalue weighted by Gasteiger charge is 2.21. The van der Waals surface area contributed by atoms with E-state index in [1.54, 1.807) is 26.0 Å². The van der Waals surface area contributed by atoms with Gasteiger partial charge in [0.2, 0.25) is 0 Å². The molecule has 0 saturated carbocycles. The van der Waals surface area contributed by atoms with Crippen LogP contribution in [0.4, 0.5) is 24.5 Å².